The number of aryl methyl sites for hydroxylation is 1. The minimum absolute atomic E-state index is 0.220. The third kappa shape index (κ3) is 4.11. The van der Waals surface area contributed by atoms with Crippen LogP contribution in [0.4, 0.5) is 14.6 Å². The van der Waals surface area contributed by atoms with Crippen molar-refractivity contribution >= 4 is 11.7 Å². The smallest absolute Gasteiger partial charge is 0.280 e. The number of carbonyl (C=O) groups excluding carboxylic acids is 1. The van der Waals surface area contributed by atoms with Gasteiger partial charge in [0.1, 0.15) is 12.2 Å². The molecule has 146 valence electrons. The second-order valence-corrected chi connectivity index (χ2v) is 7.10. The van der Waals surface area contributed by atoms with Crippen molar-refractivity contribution in [2.24, 2.45) is 0 Å². The summed E-state index contributed by atoms with van der Waals surface area (Å²) < 4.78 is 29.3. The Morgan fingerprint density at radius 3 is 2.75 bits per heavy atom. The lowest BCUT2D eigenvalue weighted by atomic mass is 10.1. The SMILES string of the molecule is Cc1ccccc1Cn1ccc(NC(=O)Cn2nc(C3CC3)cc2C(F)F)n1. The maximum atomic E-state index is 13.2. The van der Waals surface area contributed by atoms with E-state index in [-0.39, 0.29) is 18.2 Å². The minimum atomic E-state index is -2.67. The van der Waals surface area contributed by atoms with Crippen molar-refractivity contribution in [1.82, 2.24) is 19.6 Å². The number of alkyl halides is 2. The number of hydrogen-bond acceptors (Lipinski definition) is 3. The summed E-state index contributed by atoms with van der Waals surface area (Å²) in [6.07, 6.45) is 1.03. The number of anilines is 1. The number of rotatable bonds is 7. The zero-order valence-corrected chi connectivity index (χ0v) is 15.5. The van der Waals surface area contributed by atoms with Gasteiger partial charge in [0.2, 0.25) is 5.91 Å². The molecule has 2 heterocycles. The van der Waals surface area contributed by atoms with Crippen LogP contribution < -0.4 is 5.32 Å². The molecule has 1 aromatic carbocycles. The van der Waals surface area contributed by atoms with Gasteiger partial charge in [0.25, 0.3) is 6.43 Å². The number of aromatic nitrogens is 4. The van der Waals surface area contributed by atoms with Crippen LogP contribution >= 0.6 is 0 Å². The van der Waals surface area contributed by atoms with E-state index in [1.165, 1.54) is 6.07 Å². The molecule has 8 heteroatoms. The first-order valence-electron chi connectivity index (χ1n) is 9.23. The first kappa shape index (κ1) is 18.3. The molecule has 0 radical (unpaired) electrons. The van der Waals surface area contributed by atoms with Crippen molar-refractivity contribution in [3.05, 3.63) is 65.1 Å². The van der Waals surface area contributed by atoms with E-state index < -0.39 is 12.3 Å². The number of benzene rings is 1. The molecular formula is C20H21F2N5O. The van der Waals surface area contributed by atoms with E-state index in [1.807, 2.05) is 31.2 Å². The van der Waals surface area contributed by atoms with Crippen LogP contribution in [0.3, 0.4) is 0 Å². The molecule has 0 saturated heterocycles. The Bertz CT molecular complexity index is 990. The van der Waals surface area contributed by atoms with Crippen molar-refractivity contribution in [3.63, 3.8) is 0 Å². The number of amides is 1. The van der Waals surface area contributed by atoms with Gasteiger partial charge in [0.15, 0.2) is 5.82 Å². The molecule has 0 unspecified atom stereocenters. The summed E-state index contributed by atoms with van der Waals surface area (Å²) >= 11 is 0. The minimum Gasteiger partial charge on any atom is -0.308 e. The topological polar surface area (TPSA) is 64.7 Å². The van der Waals surface area contributed by atoms with Gasteiger partial charge in [0, 0.05) is 18.2 Å². The summed E-state index contributed by atoms with van der Waals surface area (Å²) in [6, 6.07) is 11.1. The molecule has 0 spiro atoms. The molecule has 1 fully saturated rings. The summed E-state index contributed by atoms with van der Waals surface area (Å²) in [5.74, 6) is 0.194. The average Bonchev–Trinajstić information content (AvgIpc) is 3.28. The largest absolute Gasteiger partial charge is 0.308 e. The highest BCUT2D eigenvalue weighted by Crippen LogP contribution is 2.40. The molecule has 6 nitrogen and oxygen atoms in total. The quantitative estimate of drug-likeness (QED) is 0.671. The Hall–Kier alpha value is -3.03. The van der Waals surface area contributed by atoms with Gasteiger partial charge in [-0.05, 0) is 37.0 Å². The monoisotopic (exact) mass is 385 g/mol. The van der Waals surface area contributed by atoms with Crippen LogP contribution in [0.5, 0.6) is 0 Å². The van der Waals surface area contributed by atoms with Crippen LogP contribution in [0, 0.1) is 6.92 Å². The second-order valence-electron chi connectivity index (χ2n) is 7.10. The highest BCUT2D eigenvalue weighted by Gasteiger charge is 2.29. The maximum Gasteiger partial charge on any atom is 0.280 e. The predicted octanol–water partition coefficient (Wildman–Crippen LogP) is 3.89. The molecule has 0 aliphatic heterocycles. The van der Waals surface area contributed by atoms with E-state index in [0.717, 1.165) is 28.7 Å². The van der Waals surface area contributed by atoms with Crippen molar-refractivity contribution in [1.29, 1.82) is 0 Å². The van der Waals surface area contributed by atoms with Crippen LogP contribution in [0.1, 0.15) is 47.7 Å². The summed E-state index contributed by atoms with van der Waals surface area (Å²) in [7, 11) is 0. The van der Waals surface area contributed by atoms with Gasteiger partial charge in [-0.1, -0.05) is 24.3 Å². The maximum absolute atomic E-state index is 13.2. The van der Waals surface area contributed by atoms with E-state index in [2.05, 4.69) is 15.5 Å². The predicted molar refractivity (Wildman–Crippen MR) is 100 cm³/mol. The van der Waals surface area contributed by atoms with E-state index in [9.17, 15) is 13.6 Å². The average molecular weight is 385 g/mol. The van der Waals surface area contributed by atoms with E-state index >= 15 is 0 Å². The van der Waals surface area contributed by atoms with Gasteiger partial charge in [-0.15, -0.1) is 0 Å². The summed E-state index contributed by atoms with van der Waals surface area (Å²) in [5, 5.41) is 11.2. The van der Waals surface area contributed by atoms with Gasteiger partial charge >= 0.3 is 0 Å². The highest BCUT2D eigenvalue weighted by atomic mass is 19.3. The molecule has 3 aromatic rings. The fourth-order valence-electron chi connectivity index (χ4n) is 3.13. The Kier molecular flexibility index (Phi) is 4.93. The molecule has 0 atom stereocenters. The van der Waals surface area contributed by atoms with E-state index in [1.54, 1.807) is 16.9 Å². The number of nitrogens with zero attached hydrogens (tertiary/aromatic N) is 4. The number of nitrogens with one attached hydrogen (secondary N) is 1. The molecule has 28 heavy (non-hydrogen) atoms. The van der Waals surface area contributed by atoms with E-state index in [4.69, 9.17) is 0 Å². The van der Waals surface area contributed by atoms with Gasteiger partial charge in [-0.25, -0.2) is 8.78 Å². The second kappa shape index (κ2) is 7.53. The first-order chi connectivity index (χ1) is 13.5. The van der Waals surface area contributed by atoms with Crippen molar-refractivity contribution in [2.45, 2.75) is 45.2 Å². The molecule has 1 aliphatic carbocycles. The molecule has 1 N–H and O–H groups in total. The normalized spacial score (nSPS) is 13.9. The van der Waals surface area contributed by atoms with Gasteiger partial charge in [0.05, 0.1) is 12.2 Å². The Morgan fingerprint density at radius 2 is 2.04 bits per heavy atom. The van der Waals surface area contributed by atoms with E-state index in [0.29, 0.717) is 18.1 Å². The number of carbonyl (C=O) groups is 1. The standard InChI is InChI=1S/C20H21F2N5O/c1-13-4-2-3-5-15(13)11-26-9-8-18(25-26)23-19(28)12-27-17(20(21)22)10-16(24-27)14-6-7-14/h2-5,8-10,14,20H,6-7,11-12H2,1H3,(H,23,25,28). The summed E-state index contributed by atoms with van der Waals surface area (Å²) in [4.78, 5) is 12.3. The molecule has 1 aliphatic rings. The fourth-order valence-corrected chi connectivity index (χ4v) is 3.13. The number of hydrogen-bond donors (Lipinski definition) is 1. The summed E-state index contributed by atoms with van der Waals surface area (Å²) in [6.45, 7) is 2.35. The van der Waals surface area contributed by atoms with Crippen LogP contribution in [0.25, 0.3) is 0 Å². The first-order valence-corrected chi connectivity index (χ1v) is 9.23. The van der Waals surface area contributed by atoms with Gasteiger partial charge in [-0.3, -0.25) is 14.2 Å². The molecule has 0 bridgehead atoms. The molecule has 1 amide bonds. The van der Waals surface area contributed by atoms with Crippen molar-refractivity contribution in [2.75, 3.05) is 5.32 Å². The van der Waals surface area contributed by atoms with Crippen LogP contribution in [0.2, 0.25) is 0 Å². The number of halogens is 2. The lowest BCUT2D eigenvalue weighted by molar-refractivity contribution is -0.117. The molecule has 4 rings (SSSR count). The van der Waals surface area contributed by atoms with Crippen LogP contribution in [0.15, 0.2) is 42.6 Å². The molecule has 2 aromatic heterocycles. The zero-order valence-electron chi connectivity index (χ0n) is 15.5. The van der Waals surface area contributed by atoms with Crippen molar-refractivity contribution < 1.29 is 13.6 Å². The third-order valence-electron chi connectivity index (χ3n) is 4.84. The van der Waals surface area contributed by atoms with Gasteiger partial charge in [-0.2, -0.15) is 10.2 Å². The lowest BCUT2D eigenvalue weighted by Crippen LogP contribution is -2.21. The fraction of sp³-hybridized carbons (Fsp3) is 0.350. The zero-order chi connectivity index (χ0) is 19.7. The van der Waals surface area contributed by atoms with Crippen molar-refractivity contribution in [3.8, 4) is 0 Å². The molecular weight excluding hydrogens is 364 g/mol. The Morgan fingerprint density at radius 1 is 1.25 bits per heavy atom. The van der Waals surface area contributed by atoms with Crippen LogP contribution in [-0.2, 0) is 17.9 Å². The highest BCUT2D eigenvalue weighted by molar-refractivity contribution is 5.89. The Balaban J connectivity index is 1.41. The van der Waals surface area contributed by atoms with Gasteiger partial charge < -0.3 is 5.32 Å². The Labute approximate surface area is 161 Å². The lowest BCUT2D eigenvalue weighted by Gasteiger charge is -2.07. The third-order valence-corrected chi connectivity index (χ3v) is 4.84. The molecule has 1 saturated carbocycles. The van der Waals surface area contributed by atoms with Crippen LogP contribution in [-0.4, -0.2) is 25.5 Å². The summed E-state index contributed by atoms with van der Waals surface area (Å²) in [5.41, 5.74) is 2.72.